The van der Waals surface area contributed by atoms with Gasteiger partial charge in [0.2, 0.25) is 0 Å². The first-order valence-corrected chi connectivity index (χ1v) is 7.93. The van der Waals surface area contributed by atoms with E-state index in [1.807, 2.05) is 0 Å². The molecule has 1 saturated heterocycles. The fourth-order valence-corrected chi connectivity index (χ4v) is 2.73. The molecule has 0 unspecified atom stereocenters. The quantitative estimate of drug-likeness (QED) is 0.757. The van der Waals surface area contributed by atoms with Gasteiger partial charge in [0.25, 0.3) is 0 Å². The maximum atomic E-state index is 12.4. The molecule has 1 aliphatic rings. The number of nitrogens with zero attached hydrogens (tertiary/aromatic N) is 1. The largest absolute Gasteiger partial charge is 0.465 e. The summed E-state index contributed by atoms with van der Waals surface area (Å²) in [5.74, 6) is -1.08. The zero-order valence-corrected chi connectivity index (χ0v) is 13.8. The van der Waals surface area contributed by atoms with Crippen molar-refractivity contribution in [2.24, 2.45) is 5.92 Å². The van der Waals surface area contributed by atoms with Crippen LogP contribution in [0.3, 0.4) is 0 Å². The number of hydrogen-bond acceptors (Lipinski definition) is 5. The first kappa shape index (κ1) is 19.2. The molecule has 5 nitrogen and oxygen atoms in total. The highest BCUT2D eigenvalue weighted by Crippen LogP contribution is 2.23. The van der Waals surface area contributed by atoms with E-state index >= 15 is 0 Å². The Labute approximate surface area is 143 Å². The van der Waals surface area contributed by atoms with Gasteiger partial charge in [0, 0.05) is 0 Å². The van der Waals surface area contributed by atoms with Gasteiger partial charge >= 0.3 is 18.1 Å². The van der Waals surface area contributed by atoms with E-state index in [1.54, 1.807) is 6.07 Å². The topological polar surface area (TPSA) is 55.8 Å². The summed E-state index contributed by atoms with van der Waals surface area (Å²) in [6, 6.07) is 6.00. The van der Waals surface area contributed by atoms with Crippen molar-refractivity contribution in [3.05, 3.63) is 35.4 Å². The number of carbonyl (C=O) groups is 2. The van der Waals surface area contributed by atoms with Gasteiger partial charge in [-0.2, -0.15) is 13.2 Å². The Morgan fingerprint density at radius 3 is 2.32 bits per heavy atom. The number of rotatable bonds is 5. The van der Waals surface area contributed by atoms with Crippen molar-refractivity contribution in [3.63, 3.8) is 0 Å². The average molecular weight is 359 g/mol. The van der Waals surface area contributed by atoms with Crippen LogP contribution in [0.1, 0.15) is 33.6 Å². The molecule has 1 aromatic rings. The average Bonchev–Trinajstić information content (AvgIpc) is 2.59. The summed E-state index contributed by atoms with van der Waals surface area (Å²) in [5, 5.41) is 0. The monoisotopic (exact) mass is 359 g/mol. The van der Waals surface area contributed by atoms with Gasteiger partial charge in [-0.05, 0) is 50.0 Å². The second kappa shape index (κ2) is 8.33. The number of ether oxygens (including phenoxy) is 2. The molecule has 0 aromatic heterocycles. The lowest BCUT2D eigenvalue weighted by molar-refractivity contribution is -0.148. The van der Waals surface area contributed by atoms with E-state index in [1.165, 1.54) is 30.2 Å². The molecule has 0 bridgehead atoms. The maximum absolute atomic E-state index is 12.4. The molecule has 25 heavy (non-hydrogen) atoms. The third-order valence-electron chi connectivity index (χ3n) is 4.08. The Kier molecular flexibility index (Phi) is 6.41. The van der Waals surface area contributed by atoms with Crippen molar-refractivity contribution < 1.29 is 32.2 Å². The summed E-state index contributed by atoms with van der Waals surface area (Å²) in [6.45, 7) is -0.0833. The highest BCUT2D eigenvalue weighted by atomic mass is 19.4. The molecule has 1 fully saturated rings. The lowest BCUT2D eigenvalue weighted by Crippen LogP contribution is -2.40. The number of piperidine rings is 1. The molecular formula is C17H20F3NO4. The highest BCUT2D eigenvalue weighted by molar-refractivity contribution is 5.95. The summed E-state index contributed by atoms with van der Waals surface area (Å²) in [4.78, 5) is 24.9. The summed E-state index contributed by atoms with van der Waals surface area (Å²) in [7, 11) is 1.25. The lowest BCUT2D eigenvalue weighted by atomic mass is 9.98. The third kappa shape index (κ3) is 6.04. The van der Waals surface area contributed by atoms with E-state index in [2.05, 4.69) is 4.74 Å². The van der Waals surface area contributed by atoms with Crippen molar-refractivity contribution in [2.45, 2.75) is 19.0 Å². The Bertz CT molecular complexity index is 610. The van der Waals surface area contributed by atoms with Crippen LogP contribution in [0.25, 0.3) is 0 Å². The molecule has 1 aliphatic heterocycles. The lowest BCUT2D eigenvalue weighted by Gasteiger charge is -2.31. The third-order valence-corrected chi connectivity index (χ3v) is 4.08. The van der Waals surface area contributed by atoms with Crippen molar-refractivity contribution in [2.75, 3.05) is 33.4 Å². The Balaban J connectivity index is 1.80. The minimum atomic E-state index is -4.19. The van der Waals surface area contributed by atoms with E-state index in [4.69, 9.17) is 4.74 Å². The van der Waals surface area contributed by atoms with Crippen LogP contribution < -0.4 is 0 Å². The van der Waals surface area contributed by atoms with E-state index in [0.717, 1.165) is 0 Å². The van der Waals surface area contributed by atoms with Crippen molar-refractivity contribution in [3.8, 4) is 0 Å². The van der Waals surface area contributed by atoms with Gasteiger partial charge in [0.05, 0.1) is 31.4 Å². The van der Waals surface area contributed by atoms with Crippen LogP contribution >= 0.6 is 0 Å². The van der Waals surface area contributed by atoms with E-state index in [-0.39, 0.29) is 23.7 Å². The molecular weight excluding hydrogens is 339 g/mol. The number of methoxy groups -OCH3 is 1. The van der Waals surface area contributed by atoms with Crippen LogP contribution in [-0.2, 0) is 9.47 Å². The molecule has 0 radical (unpaired) electrons. The van der Waals surface area contributed by atoms with Gasteiger partial charge in [-0.3, -0.25) is 4.90 Å². The summed E-state index contributed by atoms with van der Waals surface area (Å²) in [6.07, 6.45) is -3.10. The molecule has 138 valence electrons. The molecule has 2 rings (SSSR count). The van der Waals surface area contributed by atoms with Crippen LogP contribution in [0.4, 0.5) is 13.2 Å². The minimum absolute atomic E-state index is 0.0391. The van der Waals surface area contributed by atoms with Crippen LogP contribution in [0, 0.1) is 5.92 Å². The molecule has 0 spiro atoms. The molecule has 0 amide bonds. The first-order valence-electron chi connectivity index (χ1n) is 7.93. The summed E-state index contributed by atoms with van der Waals surface area (Å²) in [5.41, 5.74) is 0.481. The Hall–Kier alpha value is -2.09. The fourth-order valence-electron chi connectivity index (χ4n) is 2.73. The van der Waals surface area contributed by atoms with E-state index in [9.17, 15) is 22.8 Å². The van der Waals surface area contributed by atoms with E-state index in [0.29, 0.717) is 25.9 Å². The number of benzene rings is 1. The smallest absolute Gasteiger partial charge is 0.401 e. The van der Waals surface area contributed by atoms with Gasteiger partial charge in [-0.25, -0.2) is 9.59 Å². The molecule has 1 aromatic carbocycles. The number of likely N-dealkylation sites (tertiary alicyclic amines) is 1. The van der Waals surface area contributed by atoms with Gasteiger partial charge in [-0.1, -0.05) is 6.07 Å². The predicted octanol–water partition coefficient (Wildman–Crippen LogP) is 2.90. The van der Waals surface area contributed by atoms with Crippen LogP contribution in [0.2, 0.25) is 0 Å². The predicted molar refractivity (Wildman–Crippen MR) is 83.3 cm³/mol. The van der Waals surface area contributed by atoms with Crippen molar-refractivity contribution in [1.29, 1.82) is 0 Å². The SMILES string of the molecule is COC(=O)c1cccc(C(=O)OCC2CCN(CC(F)(F)F)CC2)c1. The number of hydrogen-bond donors (Lipinski definition) is 0. The summed E-state index contributed by atoms with van der Waals surface area (Å²) >= 11 is 0. The molecule has 0 N–H and O–H groups in total. The number of carbonyl (C=O) groups excluding carboxylic acids is 2. The molecule has 0 atom stereocenters. The van der Waals surface area contributed by atoms with Gasteiger partial charge in [0.1, 0.15) is 0 Å². The Morgan fingerprint density at radius 2 is 1.76 bits per heavy atom. The van der Waals surface area contributed by atoms with Crippen LogP contribution in [0.15, 0.2) is 24.3 Å². The highest BCUT2D eigenvalue weighted by Gasteiger charge is 2.32. The molecule has 1 heterocycles. The van der Waals surface area contributed by atoms with Gasteiger partial charge < -0.3 is 9.47 Å². The van der Waals surface area contributed by atoms with Crippen LogP contribution in [-0.4, -0.2) is 56.4 Å². The normalized spacial score (nSPS) is 16.5. The second-order valence-corrected chi connectivity index (χ2v) is 6.01. The summed E-state index contributed by atoms with van der Waals surface area (Å²) < 4.78 is 46.9. The van der Waals surface area contributed by atoms with Gasteiger partial charge in [0.15, 0.2) is 0 Å². The minimum Gasteiger partial charge on any atom is -0.465 e. The van der Waals surface area contributed by atoms with Gasteiger partial charge in [-0.15, -0.1) is 0 Å². The zero-order valence-electron chi connectivity index (χ0n) is 13.8. The van der Waals surface area contributed by atoms with Crippen LogP contribution in [0.5, 0.6) is 0 Å². The maximum Gasteiger partial charge on any atom is 0.401 e. The standard InChI is InChI=1S/C17H20F3NO4/c1-24-15(22)13-3-2-4-14(9-13)16(23)25-10-12-5-7-21(8-6-12)11-17(18,19)20/h2-4,9,12H,5-8,10-11H2,1H3. The number of alkyl halides is 3. The van der Waals surface area contributed by atoms with Crippen molar-refractivity contribution in [1.82, 2.24) is 4.90 Å². The first-order chi connectivity index (χ1) is 11.8. The number of halogens is 3. The second-order valence-electron chi connectivity index (χ2n) is 6.01. The fraction of sp³-hybridized carbons (Fsp3) is 0.529. The molecule has 0 saturated carbocycles. The Morgan fingerprint density at radius 1 is 1.16 bits per heavy atom. The zero-order chi connectivity index (χ0) is 18.4. The molecule has 8 heteroatoms. The number of esters is 2. The van der Waals surface area contributed by atoms with E-state index < -0.39 is 24.7 Å². The van der Waals surface area contributed by atoms with Crippen molar-refractivity contribution >= 4 is 11.9 Å². The molecule has 0 aliphatic carbocycles.